The van der Waals surface area contributed by atoms with Crippen molar-refractivity contribution < 1.29 is 10.2 Å². The van der Waals surface area contributed by atoms with Gasteiger partial charge in [0, 0.05) is 0 Å². The second kappa shape index (κ2) is 16.2. The van der Waals surface area contributed by atoms with Crippen LogP contribution >= 0.6 is 0 Å². The minimum absolute atomic E-state index is 0.00691. The lowest BCUT2D eigenvalue weighted by atomic mass is 9.63. The lowest BCUT2D eigenvalue weighted by molar-refractivity contribution is 0.00771. The van der Waals surface area contributed by atoms with Crippen molar-refractivity contribution in [2.45, 2.75) is 107 Å². The number of hydrogen-bond donors (Lipinski definition) is 2. The van der Waals surface area contributed by atoms with Gasteiger partial charge in [-0.25, -0.2) is 0 Å². The van der Waals surface area contributed by atoms with Gasteiger partial charge in [-0.15, -0.1) is 0 Å². The maximum absolute atomic E-state index is 10.1. The first-order valence-electron chi connectivity index (χ1n) is 15.7. The van der Waals surface area contributed by atoms with E-state index in [4.69, 9.17) is 0 Å². The largest absolute Gasteiger partial charge is 0.393 e. The minimum Gasteiger partial charge on any atom is -0.393 e. The van der Waals surface area contributed by atoms with Gasteiger partial charge in [-0.1, -0.05) is 148 Å². The van der Waals surface area contributed by atoms with E-state index in [0.29, 0.717) is 11.8 Å². The lowest BCUT2D eigenvalue weighted by Crippen LogP contribution is -2.38. The molecule has 0 amide bonds. The summed E-state index contributed by atoms with van der Waals surface area (Å²) in [5.41, 5.74) is 7.60. The molecule has 2 rings (SSSR count). The Labute approximate surface area is 258 Å². The Bertz CT molecular complexity index is 1220. The number of aliphatic hydroxyl groups excluding tert-OH is 2. The van der Waals surface area contributed by atoms with Crippen molar-refractivity contribution >= 4 is 0 Å². The predicted molar refractivity (Wildman–Crippen MR) is 184 cm³/mol. The molecule has 42 heavy (non-hydrogen) atoms. The zero-order chi connectivity index (χ0) is 31.5. The number of aliphatic hydroxyl groups is 2. The van der Waals surface area contributed by atoms with Crippen LogP contribution in [-0.2, 0) is 0 Å². The van der Waals surface area contributed by atoms with Gasteiger partial charge in [0.25, 0.3) is 0 Å². The smallest absolute Gasteiger partial charge is 0.0585 e. The molecule has 4 atom stereocenters. The molecule has 0 bridgehead atoms. The third-order valence-corrected chi connectivity index (χ3v) is 8.74. The van der Waals surface area contributed by atoms with Crippen LogP contribution in [0.25, 0.3) is 0 Å². The van der Waals surface area contributed by atoms with E-state index in [1.807, 2.05) is 0 Å². The first-order valence-corrected chi connectivity index (χ1v) is 15.7. The Balaban J connectivity index is 1.88. The predicted octanol–water partition coefficient (Wildman–Crippen LogP) is 10.5. The third-order valence-electron chi connectivity index (χ3n) is 8.74. The molecule has 2 aliphatic carbocycles. The first kappa shape index (κ1) is 35.5. The molecule has 0 unspecified atom stereocenters. The van der Waals surface area contributed by atoms with Crippen LogP contribution < -0.4 is 0 Å². The van der Waals surface area contributed by atoms with E-state index in [9.17, 15) is 10.2 Å². The van der Waals surface area contributed by atoms with Crippen molar-refractivity contribution in [1.29, 1.82) is 0 Å². The summed E-state index contributed by atoms with van der Waals surface area (Å²) >= 11 is 0. The fraction of sp³-hybridized carbons (Fsp3) is 0.500. The van der Waals surface area contributed by atoms with Crippen molar-refractivity contribution in [2.75, 3.05) is 0 Å². The first-order chi connectivity index (χ1) is 19.6. The molecule has 0 saturated heterocycles. The lowest BCUT2D eigenvalue weighted by Gasteiger charge is -2.43. The highest BCUT2D eigenvalue weighted by atomic mass is 16.3. The molecule has 2 N–H and O–H groups in total. The van der Waals surface area contributed by atoms with Gasteiger partial charge < -0.3 is 10.2 Å². The number of hydrogen-bond acceptors (Lipinski definition) is 2. The zero-order valence-corrected chi connectivity index (χ0v) is 28.1. The summed E-state index contributed by atoms with van der Waals surface area (Å²) in [7, 11) is 0. The molecule has 2 nitrogen and oxygen atoms in total. The van der Waals surface area contributed by atoms with Crippen LogP contribution in [-0.4, -0.2) is 22.4 Å². The highest BCUT2D eigenvalue weighted by Crippen LogP contribution is 2.45. The second-order valence-corrected chi connectivity index (χ2v) is 14.2. The van der Waals surface area contributed by atoms with E-state index < -0.39 is 0 Å². The summed E-state index contributed by atoms with van der Waals surface area (Å²) in [6.07, 6.45) is 33.1. The monoisotopic (exact) mass is 570 g/mol. The van der Waals surface area contributed by atoms with Crippen LogP contribution in [0.3, 0.4) is 0 Å². The fourth-order valence-corrected chi connectivity index (χ4v) is 6.61. The Hall–Kier alpha value is -2.68. The molecule has 2 aliphatic rings. The molecular formula is C40H58O2. The molecule has 2 heteroatoms. The fourth-order valence-electron chi connectivity index (χ4n) is 6.61. The second-order valence-electron chi connectivity index (χ2n) is 14.2. The van der Waals surface area contributed by atoms with Gasteiger partial charge in [0.05, 0.1) is 12.2 Å². The molecule has 0 aromatic heterocycles. The molecule has 0 aromatic rings. The van der Waals surface area contributed by atoms with Gasteiger partial charge >= 0.3 is 0 Å². The standard InChI is InChI=1S/C40H58O2/c1-29(17-13-19-31(3)21-23-37-33(5)25-35(41)27-39(37,7)8)15-11-12-16-30(2)18-14-20-32(4)22-24-38-34(6)26-36(42)28-40(38,9)10/h11-24,33,35-37,41-42H,25-28H2,1-10H3/b12-11+,17-13+,18-14+,23-21+,24-22+,29-15+,30-16+,31-19+,32-20+/t33-,35+,36-,37+/m1/s1. The average Bonchev–Trinajstić information content (AvgIpc) is 2.84. The topological polar surface area (TPSA) is 40.5 Å². The highest BCUT2D eigenvalue weighted by Gasteiger charge is 2.39. The van der Waals surface area contributed by atoms with E-state index in [1.165, 1.54) is 33.4 Å². The van der Waals surface area contributed by atoms with E-state index in [2.05, 4.69) is 154 Å². The van der Waals surface area contributed by atoms with Crippen LogP contribution in [0.15, 0.2) is 119 Å². The summed E-state index contributed by atoms with van der Waals surface area (Å²) in [5, 5.41) is 20.2. The summed E-state index contributed by atoms with van der Waals surface area (Å²) in [6.45, 7) is 21.9. The normalized spacial score (nSPS) is 28.5. The van der Waals surface area contributed by atoms with Gasteiger partial charge in [0.2, 0.25) is 0 Å². The molecule has 0 aliphatic heterocycles. The van der Waals surface area contributed by atoms with Crippen molar-refractivity contribution in [1.82, 2.24) is 0 Å². The number of allylic oxidation sites excluding steroid dienone is 19. The van der Waals surface area contributed by atoms with Gasteiger partial charge in [-0.3, -0.25) is 0 Å². The Morgan fingerprint density at radius 3 is 1.71 bits per heavy atom. The molecule has 0 spiro atoms. The van der Waals surface area contributed by atoms with Gasteiger partial charge in [0.15, 0.2) is 0 Å². The van der Waals surface area contributed by atoms with Gasteiger partial charge in [-0.05, 0) is 88.5 Å². The van der Waals surface area contributed by atoms with Crippen LogP contribution in [0.5, 0.6) is 0 Å². The zero-order valence-electron chi connectivity index (χ0n) is 28.1. The Kier molecular flexibility index (Phi) is 13.7. The van der Waals surface area contributed by atoms with E-state index in [0.717, 1.165) is 25.7 Å². The van der Waals surface area contributed by atoms with Gasteiger partial charge in [-0.2, -0.15) is 0 Å². The summed E-state index contributed by atoms with van der Waals surface area (Å²) < 4.78 is 0. The van der Waals surface area contributed by atoms with Crippen LogP contribution in [0.2, 0.25) is 0 Å². The Morgan fingerprint density at radius 2 is 1.19 bits per heavy atom. The van der Waals surface area contributed by atoms with Crippen LogP contribution in [0.4, 0.5) is 0 Å². The van der Waals surface area contributed by atoms with Crippen LogP contribution in [0, 0.1) is 22.7 Å². The maximum Gasteiger partial charge on any atom is 0.0585 e. The quantitative estimate of drug-likeness (QED) is 0.256. The number of rotatable bonds is 10. The van der Waals surface area contributed by atoms with Crippen LogP contribution in [0.1, 0.15) is 94.9 Å². The summed E-state index contributed by atoms with van der Waals surface area (Å²) in [6, 6.07) is 0. The molecule has 0 radical (unpaired) electrons. The molecule has 0 heterocycles. The molecular weight excluding hydrogens is 512 g/mol. The molecule has 230 valence electrons. The summed E-state index contributed by atoms with van der Waals surface area (Å²) in [4.78, 5) is 0. The molecule has 0 aromatic carbocycles. The van der Waals surface area contributed by atoms with E-state index >= 15 is 0 Å². The minimum atomic E-state index is -0.225. The van der Waals surface area contributed by atoms with Crippen molar-refractivity contribution in [2.24, 2.45) is 22.7 Å². The molecule has 1 saturated carbocycles. The SMILES string of the molecule is CC1=C(/C=C/C(C)=C/C=C/C(C)=C/C=C/C=C(C)/C=C/C=C(C)/C=C/[C@H]2[C@H](C)C[C@H](O)CC2(C)C)C(C)(C)C[C@H](O)C1. The van der Waals surface area contributed by atoms with Gasteiger partial charge in [0.1, 0.15) is 0 Å². The molecule has 1 fully saturated rings. The van der Waals surface area contributed by atoms with E-state index in [1.54, 1.807) is 0 Å². The van der Waals surface area contributed by atoms with E-state index in [-0.39, 0.29) is 23.0 Å². The third kappa shape index (κ3) is 11.9. The Morgan fingerprint density at radius 1 is 0.690 bits per heavy atom. The highest BCUT2D eigenvalue weighted by molar-refractivity contribution is 5.38. The van der Waals surface area contributed by atoms with Crippen molar-refractivity contribution in [3.8, 4) is 0 Å². The van der Waals surface area contributed by atoms with Crippen molar-refractivity contribution in [3.05, 3.63) is 119 Å². The van der Waals surface area contributed by atoms with Crippen molar-refractivity contribution in [3.63, 3.8) is 0 Å². The maximum atomic E-state index is 10.1. The summed E-state index contributed by atoms with van der Waals surface area (Å²) in [5.74, 6) is 0.982. The average molecular weight is 571 g/mol.